The van der Waals surface area contributed by atoms with Gasteiger partial charge < -0.3 is 30.8 Å². The minimum Gasteiger partial charge on any atom is -0.507 e. The topological polar surface area (TPSA) is 199 Å². The molecule has 0 fully saturated rings. The number of ketones is 4. The van der Waals surface area contributed by atoms with Crippen molar-refractivity contribution < 1.29 is 49.5 Å². The molecule has 4 rings (SSSR count). The normalized spacial score (nSPS) is 30.3. The third-order valence-electron chi connectivity index (χ3n) is 8.81. The lowest BCUT2D eigenvalue weighted by Gasteiger charge is -2.23. The van der Waals surface area contributed by atoms with Crippen LogP contribution in [-0.2, 0) is 14.4 Å². The van der Waals surface area contributed by atoms with Crippen LogP contribution in [0.15, 0.2) is 83.7 Å². The minimum absolute atomic E-state index is 0.0421. The van der Waals surface area contributed by atoms with Crippen LogP contribution in [0.1, 0.15) is 79.3 Å². The van der Waals surface area contributed by atoms with E-state index in [0.29, 0.717) is 5.57 Å². The average molecular weight is 688 g/mol. The Kier molecular flexibility index (Phi) is 13.5. The highest BCUT2D eigenvalue weighted by atomic mass is 16.3. The van der Waals surface area contributed by atoms with Gasteiger partial charge in [-0.2, -0.15) is 0 Å². The van der Waals surface area contributed by atoms with Crippen LogP contribution in [-0.4, -0.2) is 72.9 Å². The number of allylic oxidation sites excluding steroid dienone is 7. The van der Waals surface area contributed by atoms with Crippen LogP contribution in [0.3, 0.4) is 0 Å². The van der Waals surface area contributed by atoms with Crippen molar-refractivity contribution in [2.75, 3.05) is 0 Å². The number of rotatable bonds is 0. The SMILES string of the molecule is CC1=C[C@H](C)[C@@H](O)[C@@H](C)/C=C\[C@@H](O)C/C=C(\C)C(=O)C[C@H](O)[C@@H](C)\C=C/C=C\C=C\C(=O)NC2=C(O)c3cc(C)c(O)c(c3C(=O)C2=O)C1=O. The van der Waals surface area contributed by atoms with E-state index in [2.05, 4.69) is 5.32 Å². The largest absolute Gasteiger partial charge is 0.507 e. The number of aliphatic hydroxyl groups is 4. The molecule has 0 radical (unpaired) electrons. The molecule has 0 aromatic heterocycles. The number of aliphatic hydroxyl groups excluding tert-OH is 4. The van der Waals surface area contributed by atoms with Gasteiger partial charge in [-0.05, 0) is 50.0 Å². The molecule has 3 aliphatic rings. The van der Waals surface area contributed by atoms with Crippen molar-refractivity contribution in [2.24, 2.45) is 17.8 Å². The molecule has 0 unspecified atom stereocenters. The van der Waals surface area contributed by atoms with Crippen LogP contribution in [0.4, 0.5) is 0 Å². The molecule has 11 nitrogen and oxygen atoms in total. The first-order chi connectivity index (χ1) is 23.5. The molecule has 6 atom stereocenters. The van der Waals surface area contributed by atoms with Crippen LogP contribution < -0.4 is 5.32 Å². The van der Waals surface area contributed by atoms with Crippen molar-refractivity contribution >= 4 is 34.8 Å². The first kappa shape index (κ1) is 39.5. The van der Waals surface area contributed by atoms with Gasteiger partial charge in [-0.25, -0.2) is 0 Å². The van der Waals surface area contributed by atoms with E-state index in [0.717, 1.165) is 6.08 Å². The standard InChI is InChI=1S/C39H45NO10/c1-20-11-9-7-8-10-12-30(44)40-33-37(48)27-18-25(6)36(47)32(31(27)38(49)39(33)50)35(46)24(5)17-23(4)34(45)22(3)14-16-26(41)15-13-21(2)29(43)19-28(20)42/h7-14,16-18,20,22-23,26,28,34,41-42,45,47-48H,15,19H2,1-6H3,(H,40,44)/b8-7-,11-9-,12-10+,16-14-,21-13+,24-17?/t20-,22-,23-,26-,28-,34-/m0/s1. The summed E-state index contributed by atoms with van der Waals surface area (Å²) in [6.07, 6.45) is 11.9. The van der Waals surface area contributed by atoms with Crippen molar-refractivity contribution in [2.45, 2.75) is 72.7 Å². The zero-order valence-electron chi connectivity index (χ0n) is 29.0. The van der Waals surface area contributed by atoms with E-state index in [1.54, 1.807) is 58.1 Å². The summed E-state index contributed by atoms with van der Waals surface area (Å²) >= 11 is 0. The smallest absolute Gasteiger partial charge is 0.253 e. The summed E-state index contributed by atoms with van der Waals surface area (Å²) in [6.45, 7) is 9.57. The molecular formula is C39H45NO10. The second kappa shape index (κ2) is 17.1. The van der Waals surface area contributed by atoms with E-state index >= 15 is 0 Å². The first-order valence-corrected chi connectivity index (χ1v) is 16.3. The molecule has 0 saturated carbocycles. The van der Waals surface area contributed by atoms with E-state index in [-0.39, 0.29) is 35.3 Å². The van der Waals surface area contributed by atoms with Crippen molar-refractivity contribution in [3.8, 4) is 5.75 Å². The van der Waals surface area contributed by atoms with Gasteiger partial charge in [-0.15, -0.1) is 0 Å². The lowest BCUT2D eigenvalue weighted by molar-refractivity contribution is -0.118. The van der Waals surface area contributed by atoms with Gasteiger partial charge in [0.25, 0.3) is 5.78 Å². The van der Waals surface area contributed by atoms with Gasteiger partial charge in [-0.1, -0.05) is 75.5 Å². The number of hydrogen-bond acceptors (Lipinski definition) is 10. The Balaban J connectivity index is 2.07. The van der Waals surface area contributed by atoms with Gasteiger partial charge >= 0.3 is 0 Å². The zero-order valence-corrected chi connectivity index (χ0v) is 29.0. The highest BCUT2D eigenvalue weighted by molar-refractivity contribution is 6.53. The quantitative estimate of drug-likeness (QED) is 0.167. The number of fused-ring (bicyclic) bond motifs is 18. The maximum atomic E-state index is 13.7. The molecule has 1 aromatic carbocycles. The van der Waals surface area contributed by atoms with E-state index in [9.17, 15) is 49.5 Å². The van der Waals surface area contributed by atoms with Gasteiger partial charge in [0, 0.05) is 35.8 Å². The number of hydrogen-bond donors (Lipinski definition) is 6. The number of amides is 1. The number of aryl methyl sites for hydroxylation is 1. The highest BCUT2D eigenvalue weighted by Gasteiger charge is 2.39. The monoisotopic (exact) mass is 687 g/mol. The summed E-state index contributed by atoms with van der Waals surface area (Å²) in [5.41, 5.74) is -1.36. The van der Waals surface area contributed by atoms with Crippen LogP contribution in [0.2, 0.25) is 0 Å². The van der Waals surface area contributed by atoms with Crippen molar-refractivity contribution in [3.05, 3.63) is 106 Å². The Bertz CT molecular complexity index is 1770. The minimum atomic E-state index is -1.29. The molecule has 2 heterocycles. The van der Waals surface area contributed by atoms with E-state index in [1.165, 1.54) is 44.2 Å². The summed E-state index contributed by atoms with van der Waals surface area (Å²) in [6, 6.07) is 1.23. The number of aromatic hydroxyl groups is 1. The molecule has 6 N–H and O–H groups in total. The summed E-state index contributed by atoms with van der Waals surface area (Å²) in [5, 5.41) is 56.2. The lowest BCUT2D eigenvalue weighted by atomic mass is 9.82. The molecule has 0 saturated heterocycles. The number of Topliss-reactive ketones (excluding diaryl/α,β-unsaturated/α-hetero) is 4. The fraction of sp³-hybridized carbons (Fsp3) is 0.359. The fourth-order valence-electron chi connectivity index (χ4n) is 5.53. The van der Waals surface area contributed by atoms with Crippen LogP contribution in [0.5, 0.6) is 5.75 Å². The second-order valence-corrected chi connectivity index (χ2v) is 12.9. The van der Waals surface area contributed by atoms with Crippen LogP contribution in [0, 0.1) is 24.7 Å². The maximum absolute atomic E-state index is 13.7. The molecule has 1 amide bonds. The summed E-state index contributed by atoms with van der Waals surface area (Å²) in [5.74, 6) is -7.27. The van der Waals surface area contributed by atoms with Crippen LogP contribution >= 0.6 is 0 Å². The molecule has 2 aliphatic heterocycles. The Labute approximate surface area is 291 Å². The molecule has 266 valence electrons. The van der Waals surface area contributed by atoms with E-state index < -0.39 is 87.7 Å². The van der Waals surface area contributed by atoms with Gasteiger partial charge in [0.2, 0.25) is 11.7 Å². The Hall–Kier alpha value is -4.97. The first-order valence-electron chi connectivity index (χ1n) is 16.3. The zero-order chi connectivity index (χ0) is 37.4. The molecule has 11 heteroatoms. The van der Waals surface area contributed by atoms with Crippen molar-refractivity contribution in [3.63, 3.8) is 0 Å². The van der Waals surface area contributed by atoms with E-state index in [1.807, 2.05) is 0 Å². The maximum Gasteiger partial charge on any atom is 0.253 e. The van der Waals surface area contributed by atoms with E-state index in [4.69, 9.17) is 0 Å². The summed E-state index contributed by atoms with van der Waals surface area (Å²) in [4.78, 5) is 65.5. The third-order valence-corrected chi connectivity index (χ3v) is 8.81. The fourth-order valence-corrected chi connectivity index (χ4v) is 5.53. The Morgan fingerprint density at radius 1 is 0.720 bits per heavy atom. The average Bonchev–Trinajstić information content (AvgIpc) is 3.07. The summed E-state index contributed by atoms with van der Waals surface area (Å²) < 4.78 is 0. The number of carbonyl (C=O) groups is 5. The predicted molar refractivity (Wildman–Crippen MR) is 188 cm³/mol. The summed E-state index contributed by atoms with van der Waals surface area (Å²) in [7, 11) is 0. The molecule has 1 aliphatic carbocycles. The number of carbonyl (C=O) groups excluding carboxylic acids is 5. The molecule has 50 heavy (non-hydrogen) atoms. The van der Waals surface area contributed by atoms with Gasteiger partial charge in [0.05, 0.1) is 29.4 Å². The molecule has 4 bridgehead atoms. The van der Waals surface area contributed by atoms with Gasteiger partial charge in [0.15, 0.2) is 17.3 Å². The Morgan fingerprint density at radius 3 is 2.06 bits per heavy atom. The number of phenols is 1. The van der Waals surface area contributed by atoms with Crippen molar-refractivity contribution in [1.29, 1.82) is 0 Å². The molecule has 0 spiro atoms. The van der Waals surface area contributed by atoms with Gasteiger partial charge in [-0.3, -0.25) is 24.0 Å². The van der Waals surface area contributed by atoms with Crippen molar-refractivity contribution in [1.82, 2.24) is 5.32 Å². The predicted octanol–water partition coefficient (Wildman–Crippen LogP) is 4.46. The van der Waals surface area contributed by atoms with Crippen LogP contribution in [0.25, 0.3) is 5.76 Å². The number of benzene rings is 1. The third kappa shape index (κ3) is 9.38. The second-order valence-electron chi connectivity index (χ2n) is 12.9. The number of phenolic OH excluding ortho intramolecular Hbond substituents is 1. The van der Waals surface area contributed by atoms with Gasteiger partial charge in [0.1, 0.15) is 11.4 Å². The number of nitrogens with one attached hydrogen (secondary N) is 1. The lowest BCUT2D eigenvalue weighted by Crippen LogP contribution is -2.35. The molecular weight excluding hydrogens is 642 g/mol. The highest BCUT2D eigenvalue weighted by Crippen LogP contribution is 2.37. The molecule has 1 aromatic rings. The Morgan fingerprint density at radius 2 is 1.38 bits per heavy atom.